The summed E-state index contributed by atoms with van der Waals surface area (Å²) >= 11 is 0. The summed E-state index contributed by atoms with van der Waals surface area (Å²) < 4.78 is 0. The number of nitrogens with two attached hydrogens (primary N) is 1. The number of nitrogens with zero attached hydrogens (tertiary/aromatic N) is 1. The van der Waals surface area contributed by atoms with Crippen LogP contribution in [0.1, 0.15) is 44.2 Å². The molecule has 1 heterocycles. The van der Waals surface area contributed by atoms with Crippen molar-refractivity contribution in [2.24, 2.45) is 17.6 Å². The minimum atomic E-state index is 0.182. The molecule has 1 fully saturated rings. The van der Waals surface area contributed by atoms with E-state index < -0.39 is 0 Å². The molecule has 82 valence electrons. The summed E-state index contributed by atoms with van der Waals surface area (Å²) in [5, 5.41) is 0. The van der Waals surface area contributed by atoms with Gasteiger partial charge in [-0.1, -0.05) is 25.8 Å². The predicted molar refractivity (Wildman–Crippen MR) is 62.3 cm³/mol. The van der Waals surface area contributed by atoms with Crippen LogP contribution >= 0.6 is 0 Å². The highest BCUT2D eigenvalue weighted by molar-refractivity contribution is 5.14. The normalized spacial score (nSPS) is 28.7. The predicted octanol–water partition coefficient (Wildman–Crippen LogP) is 2.91. The van der Waals surface area contributed by atoms with Gasteiger partial charge in [0.15, 0.2) is 0 Å². The molecule has 0 amide bonds. The molecule has 1 aromatic rings. The largest absolute Gasteiger partial charge is 0.324 e. The molecule has 1 aliphatic carbocycles. The van der Waals surface area contributed by atoms with Gasteiger partial charge in [-0.3, -0.25) is 4.98 Å². The summed E-state index contributed by atoms with van der Waals surface area (Å²) in [5.74, 6) is 1.49. The van der Waals surface area contributed by atoms with E-state index in [1.54, 1.807) is 6.20 Å². The van der Waals surface area contributed by atoms with Crippen molar-refractivity contribution in [2.75, 3.05) is 0 Å². The molecular formula is C13H20N2. The van der Waals surface area contributed by atoms with E-state index in [-0.39, 0.29) is 6.04 Å². The van der Waals surface area contributed by atoms with Gasteiger partial charge in [0.25, 0.3) is 0 Å². The zero-order valence-electron chi connectivity index (χ0n) is 9.39. The van der Waals surface area contributed by atoms with Crippen molar-refractivity contribution >= 4 is 0 Å². The minimum absolute atomic E-state index is 0.182. The summed E-state index contributed by atoms with van der Waals surface area (Å²) in [6.45, 7) is 2.34. The maximum absolute atomic E-state index is 6.29. The Balaban J connectivity index is 2.04. The van der Waals surface area contributed by atoms with E-state index in [1.807, 2.05) is 12.3 Å². The lowest BCUT2D eigenvalue weighted by Crippen LogP contribution is -2.26. The second-order valence-electron chi connectivity index (χ2n) is 4.84. The van der Waals surface area contributed by atoms with Crippen LogP contribution in [-0.4, -0.2) is 4.98 Å². The average molecular weight is 204 g/mol. The summed E-state index contributed by atoms with van der Waals surface area (Å²) in [7, 11) is 0. The van der Waals surface area contributed by atoms with Crippen molar-refractivity contribution < 1.29 is 0 Å². The Bertz CT molecular complexity index is 297. The Morgan fingerprint density at radius 1 is 1.47 bits per heavy atom. The molecule has 2 rings (SSSR count). The number of hydrogen-bond acceptors (Lipinski definition) is 2. The van der Waals surface area contributed by atoms with E-state index in [4.69, 9.17) is 5.73 Å². The Kier molecular flexibility index (Phi) is 3.37. The SMILES string of the molecule is CC1CCCC(C(N)c2cccnc2)C1. The van der Waals surface area contributed by atoms with Crippen LogP contribution in [-0.2, 0) is 0 Å². The first kappa shape index (κ1) is 10.6. The van der Waals surface area contributed by atoms with Crippen LogP contribution in [0.3, 0.4) is 0 Å². The van der Waals surface area contributed by atoms with Gasteiger partial charge in [-0.25, -0.2) is 0 Å². The van der Waals surface area contributed by atoms with Crippen molar-refractivity contribution in [1.29, 1.82) is 0 Å². The molecule has 0 radical (unpaired) electrons. The Morgan fingerprint density at radius 2 is 2.33 bits per heavy atom. The minimum Gasteiger partial charge on any atom is -0.324 e. The molecule has 0 aromatic carbocycles. The molecular weight excluding hydrogens is 184 g/mol. The van der Waals surface area contributed by atoms with Gasteiger partial charge >= 0.3 is 0 Å². The van der Waals surface area contributed by atoms with Crippen molar-refractivity contribution in [3.8, 4) is 0 Å². The highest BCUT2D eigenvalue weighted by Crippen LogP contribution is 2.35. The number of pyridine rings is 1. The van der Waals surface area contributed by atoms with Gasteiger partial charge < -0.3 is 5.73 Å². The van der Waals surface area contributed by atoms with Crippen LogP contribution < -0.4 is 5.73 Å². The topological polar surface area (TPSA) is 38.9 Å². The zero-order valence-corrected chi connectivity index (χ0v) is 9.39. The second kappa shape index (κ2) is 4.75. The van der Waals surface area contributed by atoms with Crippen LogP contribution in [0.2, 0.25) is 0 Å². The van der Waals surface area contributed by atoms with Gasteiger partial charge in [-0.05, 0) is 36.3 Å². The van der Waals surface area contributed by atoms with E-state index >= 15 is 0 Å². The highest BCUT2D eigenvalue weighted by atomic mass is 14.7. The Hall–Kier alpha value is -0.890. The van der Waals surface area contributed by atoms with E-state index in [0.717, 1.165) is 5.92 Å². The van der Waals surface area contributed by atoms with Crippen molar-refractivity contribution in [3.63, 3.8) is 0 Å². The summed E-state index contributed by atoms with van der Waals surface area (Å²) in [6, 6.07) is 4.25. The van der Waals surface area contributed by atoms with Gasteiger partial charge in [0.1, 0.15) is 0 Å². The van der Waals surface area contributed by atoms with Crippen LogP contribution in [0.4, 0.5) is 0 Å². The van der Waals surface area contributed by atoms with E-state index in [0.29, 0.717) is 5.92 Å². The third kappa shape index (κ3) is 2.57. The third-order valence-electron chi connectivity index (χ3n) is 3.55. The fourth-order valence-electron chi connectivity index (χ4n) is 2.65. The molecule has 2 heteroatoms. The van der Waals surface area contributed by atoms with Crippen LogP contribution in [0.15, 0.2) is 24.5 Å². The van der Waals surface area contributed by atoms with Gasteiger partial charge in [0, 0.05) is 18.4 Å². The smallest absolute Gasteiger partial charge is 0.0338 e. The molecule has 1 aromatic heterocycles. The molecule has 0 spiro atoms. The first-order valence-corrected chi connectivity index (χ1v) is 5.93. The number of aromatic nitrogens is 1. The molecule has 1 aliphatic rings. The quantitative estimate of drug-likeness (QED) is 0.804. The van der Waals surface area contributed by atoms with E-state index in [9.17, 15) is 0 Å². The molecule has 3 atom stereocenters. The fraction of sp³-hybridized carbons (Fsp3) is 0.615. The molecule has 2 nitrogen and oxygen atoms in total. The van der Waals surface area contributed by atoms with Gasteiger partial charge in [0.05, 0.1) is 0 Å². The molecule has 15 heavy (non-hydrogen) atoms. The average Bonchev–Trinajstić information content (AvgIpc) is 2.29. The number of hydrogen-bond donors (Lipinski definition) is 1. The lowest BCUT2D eigenvalue weighted by Gasteiger charge is -2.31. The van der Waals surface area contributed by atoms with Crippen LogP contribution in [0.25, 0.3) is 0 Å². The molecule has 2 N–H and O–H groups in total. The fourth-order valence-corrected chi connectivity index (χ4v) is 2.65. The van der Waals surface area contributed by atoms with E-state index in [2.05, 4.69) is 18.0 Å². The van der Waals surface area contributed by atoms with Gasteiger partial charge in [-0.15, -0.1) is 0 Å². The molecule has 0 saturated heterocycles. The maximum atomic E-state index is 6.29. The molecule has 0 aliphatic heterocycles. The maximum Gasteiger partial charge on any atom is 0.0338 e. The lowest BCUT2D eigenvalue weighted by molar-refractivity contribution is 0.248. The third-order valence-corrected chi connectivity index (χ3v) is 3.55. The monoisotopic (exact) mass is 204 g/mol. The first-order chi connectivity index (χ1) is 7.27. The molecule has 0 bridgehead atoms. The Labute approximate surface area is 91.9 Å². The number of rotatable bonds is 2. The van der Waals surface area contributed by atoms with Crippen molar-refractivity contribution in [2.45, 2.75) is 38.6 Å². The summed E-state index contributed by atoms with van der Waals surface area (Å²) in [4.78, 5) is 4.14. The van der Waals surface area contributed by atoms with E-state index in [1.165, 1.54) is 31.2 Å². The first-order valence-electron chi connectivity index (χ1n) is 5.93. The standard InChI is InChI=1S/C13H20N2/c1-10-4-2-5-11(8-10)13(14)12-6-3-7-15-9-12/h3,6-7,9-11,13H,2,4-5,8,14H2,1H3. The Morgan fingerprint density at radius 3 is 3.00 bits per heavy atom. The highest BCUT2D eigenvalue weighted by Gasteiger charge is 2.25. The van der Waals surface area contributed by atoms with Crippen LogP contribution in [0.5, 0.6) is 0 Å². The second-order valence-corrected chi connectivity index (χ2v) is 4.84. The summed E-state index contributed by atoms with van der Waals surface area (Å²) in [6.07, 6.45) is 8.97. The zero-order chi connectivity index (χ0) is 10.7. The molecule has 1 saturated carbocycles. The van der Waals surface area contributed by atoms with Crippen molar-refractivity contribution in [3.05, 3.63) is 30.1 Å². The molecule has 3 unspecified atom stereocenters. The van der Waals surface area contributed by atoms with Gasteiger partial charge in [0.2, 0.25) is 0 Å². The van der Waals surface area contributed by atoms with Crippen molar-refractivity contribution in [1.82, 2.24) is 4.98 Å². The lowest BCUT2D eigenvalue weighted by atomic mass is 9.77. The summed E-state index contributed by atoms with van der Waals surface area (Å²) in [5.41, 5.74) is 7.48. The van der Waals surface area contributed by atoms with Gasteiger partial charge in [-0.2, -0.15) is 0 Å². The van der Waals surface area contributed by atoms with Crippen LogP contribution in [0, 0.1) is 11.8 Å².